The van der Waals surface area contributed by atoms with Crippen molar-refractivity contribution in [3.63, 3.8) is 0 Å². The molecule has 8 rings (SSSR count). The molecule has 2 fully saturated rings. The summed E-state index contributed by atoms with van der Waals surface area (Å²) in [6.07, 6.45) is 1.32. The molecule has 18 heteroatoms. The van der Waals surface area contributed by atoms with Crippen LogP contribution in [0.4, 0.5) is 9.59 Å². The zero-order valence-electron chi connectivity index (χ0n) is 38.1. The monoisotopic (exact) mass is 894 g/mol. The van der Waals surface area contributed by atoms with Gasteiger partial charge in [-0.15, -0.1) is 0 Å². The van der Waals surface area contributed by atoms with E-state index in [9.17, 15) is 19.2 Å². The molecule has 4 amide bonds. The number of nitrogens with zero attached hydrogens (tertiary/aromatic N) is 4. The van der Waals surface area contributed by atoms with E-state index in [0.29, 0.717) is 50.8 Å². The molecule has 0 spiro atoms. The molecule has 2 aromatic heterocycles. The molecule has 2 saturated heterocycles. The van der Waals surface area contributed by atoms with Crippen LogP contribution in [0.25, 0.3) is 44.2 Å². The van der Waals surface area contributed by atoms with Gasteiger partial charge in [-0.3, -0.25) is 9.59 Å². The number of hydrogen-bond acceptors (Lipinski definition) is 12. The number of aromatic nitrogens is 4. The number of H-pyrrole nitrogens is 2. The van der Waals surface area contributed by atoms with E-state index < -0.39 is 36.5 Å². The molecule has 4 N–H and O–H groups in total. The van der Waals surface area contributed by atoms with Gasteiger partial charge in [0.1, 0.15) is 36.1 Å². The molecule has 18 nitrogen and oxygen atoms in total. The molecule has 0 bridgehead atoms. The zero-order chi connectivity index (χ0) is 46.1. The average Bonchev–Trinajstić information content (AvgIpc) is 4.15. The van der Waals surface area contributed by atoms with E-state index in [-0.39, 0.29) is 35.7 Å². The van der Waals surface area contributed by atoms with E-state index in [1.165, 1.54) is 28.4 Å². The van der Waals surface area contributed by atoms with E-state index in [0.717, 1.165) is 61.9 Å². The lowest BCUT2D eigenvalue weighted by atomic mass is 9.92. The highest BCUT2D eigenvalue weighted by molar-refractivity contribution is 6.07. The minimum atomic E-state index is -0.957. The average molecular weight is 895 g/mol. The Balaban J connectivity index is 1.05. The summed E-state index contributed by atoms with van der Waals surface area (Å²) in [4.78, 5) is 73.1. The van der Waals surface area contributed by atoms with Gasteiger partial charge in [0.05, 0.1) is 61.4 Å². The Morgan fingerprint density at radius 1 is 0.815 bits per heavy atom. The fourth-order valence-corrected chi connectivity index (χ4v) is 9.51. The lowest BCUT2D eigenvalue weighted by Crippen LogP contribution is -2.54. The predicted octanol–water partition coefficient (Wildman–Crippen LogP) is 6.02. The van der Waals surface area contributed by atoms with Crippen LogP contribution in [0.5, 0.6) is 5.75 Å². The molecule has 3 aliphatic rings. The fourth-order valence-electron chi connectivity index (χ4n) is 9.51. The first kappa shape index (κ1) is 45.3. The van der Waals surface area contributed by atoms with Crippen LogP contribution in [0.15, 0.2) is 48.7 Å². The maximum absolute atomic E-state index is 14.1. The van der Waals surface area contributed by atoms with Crippen molar-refractivity contribution in [2.75, 3.05) is 55.2 Å². The van der Waals surface area contributed by atoms with Gasteiger partial charge in [-0.05, 0) is 91.3 Å². The van der Waals surface area contributed by atoms with Crippen molar-refractivity contribution in [3.05, 3.63) is 65.9 Å². The number of carbonyl (C=O) groups is 4. The van der Waals surface area contributed by atoms with Crippen LogP contribution in [0.3, 0.4) is 0 Å². The van der Waals surface area contributed by atoms with Gasteiger partial charge in [0, 0.05) is 52.0 Å². The van der Waals surface area contributed by atoms with E-state index in [4.69, 9.17) is 38.4 Å². The number of carbonyl (C=O) groups excluding carboxylic acids is 4. The third kappa shape index (κ3) is 8.94. The number of benzene rings is 3. The van der Waals surface area contributed by atoms with Crippen LogP contribution in [0, 0.1) is 11.8 Å². The van der Waals surface area contributed by atoms with E-state index >= 15 is 0 Å². The number of fused-ring (bicyclic) bond motifs is 6. The third-order valence-corrected chi connectivity index (χ3v) is 13.2. The number of likely N-dealkylation sites (tertiary alicyclic amines) is 2. The van der Waals surface area contributed by atoms with Gasteiger partial charge in [0.2, 0.25) is 11.8 Å². The number of ether oxygens (including phenoxy) is 6. The molecule has 8 atom stereocenters. The van der Waals surface area contributed by atoms with Crippen LogP contribution < -0.4 is 15.4 Å². The summed E-state index contributed by atoms with van der Waals surface area (Å²) in [7, 11) is 7.18. The van der Waals surface area contributed by atoms with Crippen LogP contribution in [0.2, 0.25) is 0 Å². The number of imidazole rings is 2. The molecule has 3 aliphatic heterocycles. The lowest BCUT2D eigenvalue weighted by Gasteiger charge is -2.30. The van der Waals surface area contributed by atoms with Gasteiger partial charge in [-0.2, -0.15) is 0 Å². The highest BCUT2D eigenvalue weighted by atomic mass is 16.5. The summed E-state index contributed by atoms with van der Waals surface area (Å²) in [5, 5.41) is 7.23. The molecule has 0 radical (unpaired) electrons. The van der Waals surface area contributed by atoms with Gasteiger partial charge in [0.15, 0.2) is 0 Å². The number of aromatic amines is 2. The summed E-state index contributed by atoms with van der Waals surface area (Å²) >= 11 is 0. The largest absolute Gasteiger partial charge is 0.488 e. The summed E-state index contributed by atoms with van der Waals surface area (Å²) < 4.78 is 32.4. The predicted molar refractivity (Wildman–Crippen MR) is 240 cm³/mol. The van der Waals surface area contributed by atoms with E-state index in [1.54, 1.807) is 37.0 Å². The highest BCUT2D eigenvalue weighted by Crippen LogP contribution is 2.44. The smallest absolute Gasteiger partial charge is 0.407 e. The molecule has 0 unspecified atom stereocenters. The number of hydrogen-bond donors (Lipinski definition) is 4. The van der Waals surface area contributed by atoms with Crippen molar-refractivity contribution in [3.8, 4) is 28.1 Å². The molecule has 5 heterocycles. The lowest BCUT2D eigenvalue weighted by molar-refractivity contribution is -0.138. The number of rotatable bonds is 14. The molecule has 65 heavy (non-hydrogen) atoms. The fraction of sp³-hybridized carbons (Fsp3) is 0.489. The molecular weight excluding hydrogens is 837 g/mol. The van der Waals surface area contributed by atoms with Crippen LogP contribution in [0.1, 0.15) is 69.3 Å². The number of methoxy groups -OCH3 is 5. The van der Waals surface area contributed by atoms with Gasteiger partial charge in [-0.1, -0.05) is 25.1 Å². The van der Waals surface area contributed by atoms with E-state index in [2.05, 4.69) is 57.9 Å². The van der Waals surface area contributed by atoms with Gasteiger partial charge in [-0.25, -0.2) is 19.6 Å². The minimum absolute atomic E-state index is 0.163. The normalized spacial score (nSPS) is 21.0. The molecule has 5 aromatic rings. The summed E-state index contributed by atoms with van der Waals surface area (Å²) in [5.41, 5.74) is 6.36. The Kier molecular flexibility index (Phi) is 13.3. The Morgan fingerprint density at radius 3 is 2.15 bits per heavy atom. The standard InChI is InChI=1S/C47H58N8O10/c1-24-15-36(54(21-24)44(56)39(25(2)61-5)52-46(58)63-7)43-49-34-12-10-28-18-33-31-11-9-29(17-30(31)23-65-38(33)19-32(28)41(34)51-43)35-20-48-42(50-35)37-16-27(13-14-60-4)22-55(37)45(57)40(26(3)62-6)53-47(59)64-8/h9-12,17-20,24-27,36-37,39-40H,13-16,21-23H2,1-8H3,(H,48,50)(H,49,51)(H,52,58)(H,53,59)/t24-,25+,26+,27-,36-,37-,39-,40-/m0/s1. The molecular formula is C47H58N8O10. The maximum Gasteiger partial charge on any atom is 0.407 e. The van der Waals surface area contributed by atoms with Crippen molar-refractivity contribution < 1.29 is 47.6 Å². The summed E-state index contributed by atoms with van der Waals surface area (Å²) in [5.74, 6) is 1.88. The minimum Gasteiger partial charge on any atom is -0.488 e. The molecule has 0 aliphatic carbocycles. The Morgan fingerprint density at radius 2 is 1.49 bits per heavy atom. The van der Waals surface area contributed by atoms with Crippen molar-refractivity contribution in [2.24, 2.45) is 11.8 Å². The quantitative estimate of drug-likeness (QED) is 0.101. The van der Waals surface area contributed by atoms with Gasteiger partial charge in [0.25, 0.3) is 0 Å². The Hall–Kier alpha value is -6.24. The van der Waals surface area contributed by atoms with Crippen molar-refractivity contribution in [1.29, 1.82) is 0 Å². The first-order valence-electron chi connectivity index (χ1n) is 22.0. The number of amides is 4. The van der Waals surface area contributed by atoms with E-state index in [1.807, 2.05) is 12.1 Å². The van der Waals surface area contributed by atoms with Crippen LogP contribution >= 0.6 is 0 Å². The summed E-state index contributed by atoms with van der Waals surface area (Å²) in [6, 6.07) is 11.9. The summed E-state index contributed by atoms with van der Waals surface area (Å²) in [6.45, 7) is 7.45. The Labute approximate surface area is 377 Å². The highest BCUT2D eigenvalue weighted by Gasteiger charge is 2.43. The number of nitrogens with one attached hydrogen (secondary N) is 4. The topological polar surface area (TPSA) is 212 Å². The van der Waals surface area contributed by atoms with Gasteiger partial charge < -0.3 is 58.8 Å². The van der Waals surface area contributed by atoms with Crippen molar-refractivity contribution >= 4 is 45.8 Å². The molecule has 0 saturated carbocycles. The maximum atomic E-state index is 14.1. The number of alkyl carbamates (subject to hydrolysis) is 2. The zero-order valence-corrected chi connectivity index (χ0v) is 38.1. The second-order valence-electron chi connectivity index (χ2n) is 17.3. The van der Waals surface area contributed by atoms with Crippen molar-refractivity contribution in [1.82, 2.24) is 40.4 Å². The van der Waals surface area contributed by atoms with Crippen molar-refractivity contribution in [2.45, 2.75) is 83.0 Å². The second kappa shape index (κ2) is 19.1. The van der Waals surface area contributed by atoms with Crippen LogP contribution in [-0.2, 0) is 39.9 Å². The molecule has 3 aromatic carbocycles. The Bertz CT molecular complexity index is 2580. The van der Waals surface area contributed by atoms with Crippen LogP contribution in [-0.4, -0.2) is 133 Å². The SMILES string of the molecule is COCC[C@H]1C[C@@H](c2ncc(-c3ccc4c(c3)COc3cc5c(ccc6[nH]c([C@@H]7C[C@H](C)CN7C(=O)[C@@H](NC(=O)OC)[C@@H](C)OC)nc65)cc3-4)[nH]2)N(C(=O)[C@@H](NC(=O)OC)[C@@H](C)OC)C1. The second-order valence-corrected chi connectivity index (χ2v) is 17.3. The third-order valence-electron chi connectivity index (χ3n) is 13.2. The molecule has 346 valence electrons. The first-order valence-corrected chi connectivity index (χ1v) is 22.0. The first-order chi connectivity index (χ1) is 31.3. The van der Waals surface area contributed by atoms with Gasteiger partial charge >= 0.3 is 12.2 Å².